The van der Waals surface area contributed by atoms with Crippen LogP contribution in [0.5, 0.6) is 5.75 Å². The van der Waals surface area contributed by atoms with Crippen LogP contribution in [0.2, 0.25) is 0 Å². The lowest BCUT2D eigenvalue weighted by molar-refractivity contribution is 0.102. The average Bonchev–Trinajstić information content (AvgIpc) is 3.41. The molecule has 0 saturated carbocycles. The second-order valence-electron chi connectivity index (χ2n) is 6.65. The van der Waals surface area contributed by atoms with E-state index in [1.54, 1.807) is 4.68 Å². The van der Waals surface area contributed by atoms with Crippen LogP contribution in [-0.4, -0.2) is 42.9 Å². The lowest BCUT2D eigenvalue weighted by Crippen LogP contribution is -2.06. The minimum Gasteiger partial charge on any atom is -0.492 e. The van der Waals surface area contributed by atoms with Crippen LogP contribution in [0, 0.1) is 11.3 Å². The largest absolute Gasteiger partial charge is 0.492 e. The van der Waals surface area contributed by atoms with Crippen molar-refractivity contribution in [2.24, 2.45) is 0 Å². The zero-order valence-electron chi connectivity index (χ0n) is 16.9. The minimum absolute atomic E-state index is 0.0236. The molecule has 9 heteroatoms. The lowest BCUT2D eigenvalue weighted by atomic mass is 10.1. The van der Waals surface area contributed by atoms with Gasteiger partial charge in [0.2, 0.25) is 5.16 Å². The van der Waals surface area contributed by atoms with Gasteiger partial charge in [-0.25, -0.2) is 0 Å². The van der Waals surface area contributed by atoms with E-state index in [1.165, 1.54) is 11.8 Å². The molecule has 156 valence electrons. The fourth-order valence-electron chi connectivity index (χ4n) is 3.36. The summed E-state index contributed by atoms with van der Waals surface area (Å²) in [7, 11) is 0. The van der Waals surface area contributed by atoms with Crippen LogP contribution >= 0.6 is 11.8 Å². The molecule has 0 N–H and O–H groups in total. The van der Waals surface area contributed by atoms with Crippen LogP contribution in [0.1, 0.15) is 23.7 Å². The highest BCUT2D eigenvalue weighted by atomic mass is 32.2. The molecule has 0 radical (unpaired) electrons. The average molecular weight is 433 g/mol. The Bertz CT molecular complexity index is 1260. The molecule has 4 aromatic rings. The zero-order valence-corrected chi connectivity index (χ0v) is 17.7. The summed E-state index contributed by atoms with van der Waals surface area (Å²) in [6.45, 7) is 2.98. The maximum Gasteiger partial charge on any atom is 0.214 e. The van der Waals surface area contributed by atoms with Gasteiger partial charge >= 0.3 is 0 Å². The third-order valence-electron chi connectivity index (χ3n) is 4.72. The Morgan fingerprint density at radius 3 is 2.84 bits per heavy atom. The third kappa shape index (κ3) is 4.29. The number of thioether (sulfide) groups is 1. The number of nitriles is 1. The third-order valence-corrected chi connectivity index (χ3v) is 5.64. The number of hydrogen-bond donors (Lipinski definition) is 0. The quantitative estimate of drug-likeness (QED) is 0.292. The molecule has 2 aromatic heterocycles. The standard InChI is InChI=1S/C22H20N6O2S/c1-2-30-21-11-6-5-10-19(21)28-22(24-25-26-28)31-15-20(29)17-14-27(13-7-12-23)18-9-4-3-8-16(17)18/h3-6,8-11,14H,2,7,13,15H2,1H3. The number of Topliss-reactive ketones (excluding diaryl/α,β-unsaturated/α-hetero) is 1. The number of carbonyl (C=O) groups is 1. The van der Waals surface area contributed by atoms with Crippen molar-refractivity contribution in [3.05, 3.63) is 60.3 Å². The van der Waals surface area contributed by atoms with E-state index in [4.69, 9.17) is 10.00 Å². The smallest absolute Gasteiger partial charge is 0.214 e. The minimum atomic E-state index is -0.0236. The summed E-state index contributed by atoms with van der Waals surface area (Å²) in [6.07, 6.45) is 2.22. The van der Waals surface area contributed by atoms with Gasteiger partial charge in [-0.3, -0.25) is 4.79 Å². The molecule has 0 atom stereocenters. The summed E-state index contributed by atoms with van der Waals surface area (Å²) in [5, 5.41) is 22.2. The molecular weight excluding hydrogens is 412 g/mol. The fourth-order valence-corrected chi connectivity index (χ4v) is 4.13. The maximum absolute atomic E-state index is 13.1. The van der Waals surface area contributed by atoms with Crippen molar-refractivity contribution < 1.29 is 9.53 Å². The van der Waals surface area contributed by atoms with Crippen LogP contribution in [0.15, 0.2) is 59.9 Å². The Morgan fingerprint density at radius 2 is 2.00 bits per heavy atom. The van der Waals surface area contributed by atoms with Crippen molar-refractivity contribution in [1.82, 2.24) is 24.8 Å². The number of fused-ring (bicyclic) bond motifs is 1. The van der Waals surface area contributed by atoms with Gasteiger partial charge in [0.05, 0.1) is 24.8 Å². The maximum atomic E-state index is 13.1. The van der Waals surface area contributed by atoms with Crippen molar-refractivity contribution in [3.8, 4) is 17.5 Å². The van der Waals surface area contributed by atoms with E-state index < -0.39 is 0 Å². The van der Waals surface area contributed by atoms with E-state index in [0.717, 1.165) is 16.6 Å². The first-order chi connectivity index (χ1) is 15.2. The molecule has 2 heterocycles. The van der Waals surface area contributed by atoms with Crippen molar-refractivity contribution in [2.45, 2.75) is 25.0 Å². The number of ketones is 1. The van der Waals surface area contributed by atoms with Gasteiger partial charge in [-0.05, 0) is 35.5 Å². The molecule has 0 bridgehead atoms. The number of nitrogens with zero attached hydrogens (tertiary/aromatic N) is 6. The normalized spacial score (nSPS) is 10.8. The Morgan fingerprint density at radius 1 is 1.19 bits per heavy atom. The molecule has 4 rings (SSSR count). The fraction of sp³-hybridized carbons (Fsp3) is 0.227. The van der Waals surface area contributed by atoms with Gasteiger partial charge in [0, 0.05) is 29.2 Å². The van der Waals surface area contributed by atoms with Crippen molar-refractivity contribution in [2.75, 3.05) is 12.4 Å². The van der Waals surface area contributed by atoms with Gasteiger partial charge in [0.1, 0.15) is 11.4 Å². The van der Waals surface area contributed by atoms with Crippen LogP contribution in [0.3, 0.4) is 0 Å². The molecule has 0 unspecified atom stereocenters. The second-order valence-corrected chi connectivity index (χ2v) is 7.59. The Hall–Kier alpha value is -3.64. The van der Waals surface area contributed by atoms with Gasteiger partial charge in [0.15, 0.2) is 5.78 Å². The predicted octanol–water partition coefficient (Wildman–Crippen LogP) is 3.90. The molecular formula is C22H20N6O2S. The molecule has 0 fully saturated rings. The molecule has 0 spiro atoms. The van der Waals surface area contributed by atoms with E-state index in [2.05, 4.69) is 21.6 Å². The van der Waals surface area contributed by atoms with Crippen molar-refractivity contribution >= 4 is 28.4 Å². The number of benzene rings is 2. The van der Waals surface area contributed by atoms with Crippen molar-refractivity contribution in [3.63, 3.8) is 0 Å². The number of aryl methyl sites for hydroxylation is 1. The Balaban J connectivity index is 1.56. The summed E-state index contributed by atoms with van der Waals surface area (Å²) in [5.41, 5.74) is 2.30. The van der Waals surface area contributed by atoms with Crippen LogP contribution < -0.4 is 4.74 Å². The lowest BCUT2D eigenvalue weighted by Gasteiger charge is -2.10. The summed E-state index contributed by atoms with van der Waals surface area (Å²) in [4.78, 5) is 13.1. The summed E-state index contributed by atoms with van der Waals surface area (Å²) in [6, 6.07) is 17.4. The Labute approximate surface area is 183 Å². The van der Waals surface area contributed by atoms with Crippen LogP contribution in [0.25, 0.3) is 16.6 Å². The molecule has 0 aliphatic heterocycles. The molecule has 0 amide bonds. The molecule has 0 saturated heterocycles. The first-order valence-electron chi connectivity index (χ1n) is 9.84. The van der Waals surface area contributed by atoms with Gasteiger partial charge in [-0.15, -0.1) is 5.10 Å². The monoisotopic (exact) mass is 432 g/mol. The number of hydrogen-bond acceptors (Lipinski definition) is 7. The number of rotatable bonds is 9. The summed E-state index contributed by atoms with van der Waals surface area (Å²) < 4.78 is 9.22. The highest BCUT2D eigenvalue weighted by molar-refractivity contribution is 7.99. The first kappa shape index (κ1) is 20.6. The van der Waals surface area contributed by atoms with Crippen LogP contribution in [0.4, 0.5) is 0 Å². The number of para-hydroxylation sites is 3. The van der Waals surface area contributed by atoms with E-state index in [1.807, 2.05) is 66.2 Å². The molecule has 0 aliphatic rings. The van der Waals surface area contributed by atoms with E-state index >= 15 is 0 Å². The zero-order chi connectivity index (χ0) is 21.6. The second kappa shape index (κ2) is 9.45. The SMILES string of the molecule is CCOc1ccccc1-n1nnnc1SCC(=O)c1cn(CCC#N)c2ccccc12. The number of ether oxygens (including phenoxy) is 1. The van der Waals surface area contributed by atoms with Gasteiger partial charge in [-0.2, -0.15) is 9.94 Å². The highest BCUT2D eigenvalue weighted by Crippen LogP contribution is 2.28. The molecule has 31 heavy (non-hydrogen) atoms. The first-order valence-corrected chi connectivity index (χ1v) is 10.8. The molecule has 2 aromatic carbocycles. The van der Waals surface area contributed by atoms with Gasteiger partial charge < -0.3 is 9.30 Å². The number of aromatic nitrogens is 5. The van der Waals surface area contributed by atoms with Gasteiger partial charge in [-0.1, -0.05) is 42.1 Å². The number of carbonyl (C=O) groups excluding carboxylic acids is 1. The summed E-state index contributed by atoms with van der Waals surface area (Å²) in [5.74, 6) is 0.833. The number of tetrazole rings is 1. The highest BCUT2D eigenvalue weighted by Gasteiger charge is 2.18. The van der Waals surface area contributed by atoms with Crippen LogP contribution in [-0.2, 0) is 6.54 Å². The molecule has 8 nitrogen and oxygen atoms in total. The van der Waals surface area contributed by atoms with E-state index in [9.17, 15) is 4.79 Å². The topological polar surface area (TPSA) is 98.6 Å². The predicted molar refractivity (Wildman–Crippen MR) is 118 cm³/mol. The van der Waals surface area contributed by atoms with E-state index in [0.29, 0.717) is 36.0 Å². The Kier molecular flexibility index (Phi) is 6.29. The summed E-state index contributed by atoms with van der Waals surface area (Å²) >= 11 is 1.27. The van der Waals surface area contributed by atoms with Crippen molar-refractivity contribution in [1.29, 1.82) is 5.26 Å². The van der Waals surface area contributed by atoms with E-state index in [-0.39, 0.29) is 11.5 Å². The molecule has 0 aliphatic carbocycles. The van der Waals surface area contributed by atoms with Gasteiger partial charge in [0.25, 0.3) is 0 Å².